The van der Waals surface area contributed by atoms with Gasteiger partial charge in [0.1, 0.15) is 5.75 Å². The van der Waals surface area contributed by atoms with Gasteiger partial charge < -0.3 is 10.1 Å². The molecule has 3 heterocycles. The largest absolute Gasteiger partial charge is 0.493 e. The SMILES string of the molecule is Clc1ccc2sc(SCCCc3cc4c(cc3OCCc3cccc5ccccc35)C3CCC4N3)nc2c1. The number of ether oxygens (including phenoxy) is 1. The number of thiazole rings is 1. The summed E-state index contributed by atoms with van der Waals surface area (Å²) in [5.74, 6) is 2.10. The van der Waals surface area contributed by atoms with Crippen LogP contribution in [0.15, 0.2) is 77.1 Å². The van der Waals surface area contributed by atoms with E-state index in [0.29, 0.717) is 18.7 Å². The standard InChI is InChI=1S/C32H29ClN2OS2/c33-23-10-13-31-29(18-23)35-32(38-31)37-16-4-8-22-17-25-26(28-12-11-27(25)34-28)19-30(22)36-15-14-21-7-3-6-20-5-1-2-9-24(20)21/h1-3,5-7,9-10,13,17-19,27-28,34H,4,8,11-12,14-16H2. The van der Waals surface area contributed by atoms with Gasteiger partial charge in [-0.1, -0.05) is 71.9 Å². The Morgan fingerprint density at radius 3 is 2.68 bits per heavy atom. The first kappa shape index (κ1) is 24.5. The van der Waals surface area contributed by atoms with Crippen LogP contribution in [0, 0.1) is 0 Å². The molecule has 2 bridgehead atoms. The first-order valence-corrected chi connectivity index (χ1v) is 15.6. The molecule has 0 aliphatic carbocycles. The Balaban J connectivity index is 1.04. The predicted octanol–water partition coefficient (Wildman–Crippen LogP) is 8.93. The van der Waals surface area contributed by atoms with Gasteiger partial charge in [0.2, 0.25) is 0 Å². The Kier molecular flexibility index (Phi) is 6.78. The first-order valence-electron chi connectivity index (χ1n) is 13.4. The maximum atomic E-state index is 6.53. The first-order chi connectivity index (χ1) is 18.7. The quantitative estimate of drug-likeness (QED) is 0.145. The summed E-state index contributed by atoms with van der Waals surface area (Å²) in [5, 5.41) is 7.14. The predicted molar refractivity (Wildman–Crippen MR) is 161 cm³/mol. The summed E-state index contributed by atoms with van der Waals surface area (Å²) in [6.07, 6.45) is 5.48. The molecule has 2 atom stereocenters. The van der Waals surface area contributed by atoms with Gasteiger partial charge in [0.25, 0.3) is 0 Å². The van der Waals surface area contributed by atoms with Gasteiger partial charge in [-0.3, -0.25) is 0 Å². The summed E-state index contributed by atoms with van der Waals surface area (Å²) in [4.78, 5) is 4.76. The van der Waals surface area contributed by atoms with E-state index in [1.165, 1.54) is 50.6 Å². The van der Waals surface area contributed by atoms with Gasteiger partial charge in [0, 0.05) is 29.3 Å². The third-order valence-corrected chi connectivity index (χ3v) is 10.3. The number of nitrogens with zero attached hydrogens (tertiary/aromatic N) is 1. The highest BCUT2D eigenvalue weighted by Crippen LogP contribution is 2.47. The molecule has 2 aliphatic rings. The van der Waals surface area contributed by atoms with Gasteiger partial charge >= 0.3 is 0 Å². The Hall–Kier alpha value is -2.57. The molecule has 5 aromatic rings. The zero-order valence-corrected chi connectivity index (χ0v) is 23.5. The highest BCUT2D eigenvalue weighted by Gasteiger charge is 2.37. The third-order valence-electron chi connectivity index (χ3n) is 7.82. The molecule has 6 heteroatoms. The van der Waals surface area contributed by atoms with Crippen molar-refractivity contribution in [3.8, 4) is 5.75 Å². The van der Waals surface area contributed by atoms with Crippen LogP contribution in [-0.2, 0) is 12.8 Å². The highest BCUT2D eigenvalue weighted by atomic mass is 35.5. The van der Waals surface area contributed by atoms with Crippen LogP contribution in [0.3, 0.4) is 0 Å². The van der Waals surface area contributed by atoms with Crippen LogP contribution in [0.1, 0.15) is 53.6 Å². The molecule has 4 aromatic carbocycles. The molecule has 1 N–H and O–H groups in total. The Labute approximate surface area is 236 Å². The van der Waals surface area contributed by atoms with Crippen LogP contribution in [0.2, 0.25) is 5.02 Å². The van der Waals surface area contributed by atoms with Crippen molar-refractivity contribution >= 4 is 55.7 Å². The van der Waals surface area contributed by atoms with Crippen molar-refractivity contribution in [3.05, 3.63) is 100 Å². The summed E-state index contributed by atoms with van der Waals surface area (Å²) in [7, 11) is 0. The number of thioether (sulfide) groups is 1. The van der Waals surface area contributed by atoms with Crippen molar-refractivity contribution in [2.24, 2.45) is 0 Å². The maximum absolute atomic E-state index is 6.53. The minimum absolute atomic E-state index is 0.493. The van der Waals surface area contributed by atoms with Gasteiger partial charge in [-0.2, -0.15) is 0 Å². The molecule has 2 unspecified atom stereocenters. The van der Waals surface area contributed by atoms with Crippen LogP contribution < -0.4 is 10.1 Å². The van der Waals surface area contributed by atoms with Crippen molar-refractivity contribution in [1.29, 1.82) is 0 Å². The highest BCUT2D eigenvalue weighted by molar-refractivity contribution is 8.01. The van der Waals surface area contributed by atoms with Crippen molar-refractivity contribution in [2.75, 3.05) is 12.4 Å². The van der Waals surface area contributed by atoms with E-state index >= 15 is 0 Å². The number of benzene rings is 4. The summed E-state index contributed by atoms with van der Waals surface area (Å²) in [6, 6.07) is 26.9. The summed E-state index contributed by atoms with van der Waals surface area (Å²) in [6.45, 7) is 0.685. The molecule has 1 aromatic heterocycles. The molecule has 1 fully saturated rings. The number of halogens is 1. The van der Waals surface area contributed by atoms with Gasteiger partial charge in [-0.15, -0.1) is 11.3 Å². The number of nitrogens with one attached hydrogen (secondary N) is 1. The number of fused-ring (bicyclic) bond motifs is 7. The average Bonchev–Trinajstić information content (AvgIpc) is 3.66. The number of rotatable bonds is 9. The molecule has 2 aliphatic heterocycles. The van der Waals surface area contributed by atoms with Crippen molar-refractivity contribution in [3.63, 3.8) is 0 Å². The molecule has 0 spiro atoms. The van der Waals surface area contributed by atoms with Crippen LogP contribution in [0.4, 0.5) is 0 Å². The minimum atomic E-state index is 0.493. The Bertz CT molecular complexity index is 1630. The fraction of sp³-hybridized carbons (Fsp3) is 0.281. The molecule has 38 heavy (non-hydrogen) atoms. The van der Waals surface area contributed by atoms with Crippen molar-refractivity contribution < 1.29 is 4.74 Å². The van der Waals surface area contributed by atoms with E-state index in [1.54, 1.807) is 11.3 Å². The second-order valence-corrected chi connectivity index (χ2v) is 13.0. The lowest BCUT2D eigenvalue weighted by molar-refractivity contribution is 0.318. The van der Waals surface area contributed by atoms with E-state index in [2.05, 4.69) is 66.0 Å². The second-order valence-electron chi connectivity index (χ2n) is 10.2. The maximum Gasteiger partial charge on any atom is 0.151 e. The fourth-order valence-corrected chi connectivity index (χ4v) is 8.20. The Morgan fingerprint density at radius 2 is 1.76 bits per heavy atom. The van der Waals surface area contributed by atoms with Crippen LogP contribution in [0.5, 0.6) is 5.75 Å². The van der Waals surface area contributed by atoms with Gasteiger partial charge in [0.05, 0.1) is 16.8 Å². The number of aromatic nitrogens is 1. The summed E-state index contributed by atoms with van der Waals surface area (Å²) in [5.41, 5.74) is 6.63. The third kappa shape index (κ3) is 4.82. The molecular formula is C32H29ClN2OS2. The topological polar surface area (TPSA) is 34.1 Å². The molecule has 3 nitrogen and oxygen atoms in total. The van der Waals surface area contributed by atoms with Crippen LogP contribution in [-0.4, -0.2) is 17.3 Å². The van der Waals surface area contributed by atoms with Gasteiger partial charge in [-0.05, 0) is 83.0 Å². The van der Waals surface area contributed by atoms with E-state index in [-0.39, 0.29) is 0 Å². The van der Waals surface area contributed by atoms with Crippen molar-refractivity contribution in [1.82, 2.24) is 10.3 Å². The van der Waals surface area contributed by atoms with E-state index in [0.717, 1.165) is 45.6 Å². The zero-order valence-electron chi connectivity index (χ0n) is 21.1. The number of hydrogen-bond donors (Lipinski definition) is 1. The molecule has 1 saturated heterocycles. The molecule has 0 amide bonds. The lowest BCUT2D eigenvalue weighted by Crippen LogP contribution is -2.07. The van der Waals surface area contributed by atoms with E-state index in [4.69, 9.17) is 21.3 Å². The normalized spacial score (nSPS) is 17.9. The molecule has 192 valence electrons. The lowest BCUT2D eigenvalue weighted by atomic mass is 9.89. The van der Waals surface area contributed by atoms with Crippen molar-refractivity contribution in [2.45, 2.75) is 48.5 Å². The van der Waals surface area contributed by atoms with E-state index < -0.39 is 0 Å². The van der Waals surface area contributed by atoms with Crippen LogP contribution in [0.25, 0.3) is 21.0 Å². The monoisotopic (exact) mass is 556 g/mol. The molecule has 0 saturated carbocycles. The molecule has 0 radical (unpaired) electrons. The fourth-order valence-electron chi connectivity index (χ4n) is 5.97. The smallest absolute Gasteiger partial charge is 0.151 e. The molecular weight excluding hydrogens is 528 g/mol. The minimum Gasteiger partial charge on any atom is -0.493 e. The summed E-state index contributed by atoms with van der Waals surface area (Å²) < 4.78 is 8.84. The van der Waals surface area contributed by atoms with E-state index in [1.807, 2.05) is 23.9 Å². The average molecular weight is 557 g/mol. The van der Waals surface area contributed by atoms with Crippen LogP contribution >= 0.6 is 34.7 Å². The number of aryl methyl sites for hydroxylation is 1. The molecule has 7 rings (SSSR count). The number of hydrogen-bond acceptors (Lipinski definition) is 5. The zero-order chi connectivity index (χ0) is 25.5. The van der Waals surface area contributed by atoms with E-state index in [9.17, 15) is 0 Å². The Morgan fingerprint density at radius 1 is 0.921 bits per heavy atom. The van der Waals surface area contributed by atoms with Gasteiger partial charge in [-0.25, -0.2) is 4.98 Å². The van der Waals surface area contributed by atoms with Gasteiger partial charge in [0.15, 0.2) is 4.34 Å². The second kappa shape index (κ2) is 10.5. The summed E-state index contributed by atoms with van der Waals surface area (Å²) >= 11 is 9.73. The lowest BCUT2D eigenvalue weighted by Gasteiger charge is -2.19.